The summed E-state index contributed by atoms with van der Waals surface area (Å²) in [6, 6.07) is -0.901. The largest absolute Gasteiger partial charge is 0.481 e. The van der Waals surface area contributed by atoms with Crippen molar-refractivity contribution in [3.8, 4) is 0 Å². The Morgan fingerprint density at radius 1 is 1.15 bits per heavy atom. The Kier molecular flexibility index (Phi) is 12.8. The molecule has 0 spiro atoms. The Labute approximate surface area is 120 Å². The van der Waals surface area contributed by atoms with Crippen molar-refractivity contribution in [1.82, 2.24) is 16.0 Å². The third-order valence-corrected chi connectivity index (χ3v) is 2.05. The van der Waals surface area contributed by atoms with Crippen LogP contribution in [0.1, 0.15) is 41.0 Å². The molecule has 0 radical (unpaired) electrons. The van der Waals surface area contributed by atoms with Crippen molar-refractivity contribution in [2.75, 3.05) is 13.1 Å². The van der Waals surface area contributed by atoms with E-state index in [0.29, 0.717) is 6.54 Å². The minimum atomic E-state index is -1.14. The second kappa shape index (κ2) is 12.4. The van der Waals surface area contributed by atoms with Gasteiger partial charge in [-0.25, -0.2) is 0 Å². The van der Waals surface area contributed by atoms with Crippen molar-refractivity contribution in [3.05, 3.63) is 0 Å². The van der Waals surface area contributed by atoms with Gasteiger partial charge in [0.15, 0.2) is 0 Å². The van der Waals surface area contributed by atoms with Crippen LogP contribution in [0.5, 0.6) is 0 Å². The summed E-state index contributed by atoms with van der Waals surface area (Å²) in [7, 11) is 0. The zero-order valence-corrected chi connectivity index (χ0v) is 12.9. The minimum Gasteiger partial charge on any atom is -0.481 e. The molecule has 0 saturated carbocycles. The van der Waals surface area contributed by atoms with Crippen molar-refractivity contribution < 1.29 is 19.5 Å². The maximum absolute atomic E-state index is 11.5. The summed E-state index contributed by atoms with van der Waals surface area (Å²) in [5, 5.41) is 16.4. The molecule has 2 amide bonds. The van der Waals surface area contributed by atoms with Gasteiger partial charge in [-0.2, -0.15) is 0 Å². The van der Waals surface area contributed by atoms with E-state index in [4.69, 9.17) is 5.11 Å². The van der Waals surface area contributed by atoms with Crippen molar-refractivity contribution in [2.45, 2.75) is 53.1 Å². The smallest absolute Gasteiger partial charge is 0.305 e. The fraction of sp³-hybridized carbons (Fsp3) is 0.769. The highest BCUT2D eigenvalue weighted by Gasteiger charge is 2.22. The van der Waals surface area contributed by atoms with Gasteiger partial charge in [0.2, 0.25) is 11.8 Å². The third kappa shape index (κ3) is 11.5. The number of nitrogens with one attached hydrogen (secondary N) is 3. The summed E-state index contributed by atoms with van der Waals surface area (Å²) in [6.45, 7) is 9.91. The number of aliphatic carboxylic acids is 1. The summed E-state index contributed by atoms with van der Waals surface area (Å²) >= 11 is 0. The summed E-state index contributed by atoms with van der Waals surface area (Å²) < 4.78 is 0. The fourth-order valence-corrected chi connectivity index (χ4v) is 1.22. The predicted octanol–water partition coefficient (Wildman–Crippen LogP) is 0.106. The first kappa shape index (κ1) is 20.7. The SMILES string of the molecule is CC.CCNC(=O)C(CC(=O)O)NC(=O)CNC(C)C. The normalized spacial score (nSPS) is 11.1. The first-order valence-electron chi connectivity index (χ1n) is 6.89. The van der Waals surface area contributed by atoms with Crippen molar-refractivity contribution in [2.24, 2.45) is 0 Å². The molecule has 0 rings (SSSR count). The fourth-order valence-electron chi connectivity index (χ4n) is 1.22. The zero-order valence-electron chi connectivity index (χ0n) is 12.9. The van der Waals surface area contributed by atoms with Gasteiger partial charge < -0.3 is 21.1 Å². The van der Waals surface area contributed by atoms with Crippen LogP contribution < -0.4 is 16.0 Å². The quantitative estimate of drug-likeness (QED) is 0.507. The molecule has 0 saturated heterocycles. The molecule has 0 aliphatic heterocycles. The minimum absolute atomic E-state index is 0.0488. The zero-order chi connectivity index (χ0) is 16.1. The summed E-state index contributed by atoms with van der Waals surface area (Å²) in [4.78, 5) is 33.7. The van der Waals surface area contributed by atoms with Crippen LogP contribution in [0.2, 0.25) is 0 Å². The average Bonchev–Trinajstić information content (AvgIpc) is 2.37. The van der Waals surface area contributed by atoms with Crippen LogP contribution in [-0.2, 0) is 14.4 Å². The molecule has 20 heavy (non-hydrogen) atoms. The molecule has 0 aliphatic carbocycles. The average molecular weight is 289 g/mol. The predicted molar refractivity (Wildman–Crippen MR) is 77.4 cm³/mol. The number of likely N-dealkylation sites (N-methyl/N-ethyl adjacent to an activating group) is 1. The number of carbonyl (C=O) groups excluding carboxylic acids is 2. The molecule has 0 fully saturated rings. The lowest BCUT2D eigenvalue weighted by atomic mass is 10.2. The molecule has 1 atom stereocenters. The van der Waals surface area contributed by atoms with Crippen LogP contribution in [0.15, 0.2) is 0 Å². The van der Waals surface area contributed by atoms with Gasteiger partial charge in [-0.15, -0.1) is 0 Å². The maximum atomic E-state index is 11.5. The van der Waals surface area contributed by atoms with Crippen LogP contribution in [0, 0.1) is 0 Å². The van der Waals surface area contributed by atoms with Gasteiger partial charge in [-0.3, -0.25) is 14.4 Å². The first-order valence-corrected chi connectivity index (χ1v) is 6.89. The molecule has 0 heterocycles. The molecule has 0 aromatic heterocycles. The molecule has 0 bridgehead atoms. The van der Waals surface area contributed by atoms with E-state index in [0.717, 1.165) is 0 Å². The monoisotopic (exact) mass is 289 g/mol. The summed E-state index contributed by atoms with van der Waals surface area (Å²) in [6.07, 6.45) is -0.431. The van der Waals surface area contributed by atoms with Crippen LogP contribution >= 0.6 is 0 Å². The van der Waals surface area contributed by atoms with Crippen molar-refractivity contribution in [3.63, 3.8) is 0 Å². The van der Waals surface area contributed by atoms with Crippen LogP contribution in [0.4, 0.5) is 0 Å². The third-order valence-electron chi connectivity index (χ3n) is 2.05. The Hall–Kier alpha value is -1.63. The molecule has 118 valence electrons. The number of carboxylic acids is 1. The van der Waals surface area contributed by atoms with E-state index >= 15 is 0 Å². The second-order valence-electron chi connectivity index (χ2n) is 4.15. The first-order chi connectivity index (χ1) is 9.36. The summed E-state index contributed by atoms with van der Waals surface area (Å²) in [5.41, 5.74) is 0. The second-order valence-corrected chi connectivity index (χ2v) is 4.15. The number of carboxylic acid groups (broad SMARTS) is 1. The highest BCUT2D eigenvalue weighted by Crippen LogP contribution is 1.93. The Morgan fingerprint density at radius 2 is 1.70 bits per heavy atom. The molecular formula is C13H27N3O4. The molecule has 0 aliphatic rings. The number of carbonyl (C=O) groups is 3. The molecule has 0 aromatic carbocycles. The molecule has 1 unspecified atom stereocenters. The molecule has 7 nitrogen and oxygen atoms in total. The summed E-state index contributed by atoms with van der Waals surface area (Å²) in [5.74, 6) is -2.03. The van der Waals surface area contributed by atoms with E-state index in [1.54, 1.807) is 6.92 Å². The highest BCUT2D eigenvalue weighted by molar-refractivity contribution is 5.91. The number of amides is 2. The van der Waals surface area contributed by atoms with Gasteiger partial charge in [0.1, 0.15) is 6.04 Å². The van der Waals surface area contributed by atoms with E-state index in [2.05, 4.69) is 16.0 Å². The lowest BCUT2D eigenvalue weighted by Crippen LogP contribution is -2.50. The van der Waals surface area contributed by atoms with E-state index in [1.165, 1.54) is 0 Å². The van der Waals surface area contributed by atoms with Gasteiger partial charge in [-0.1, -0.05) is 27.7 Å². The van der Waals surface area contributed by atoms with Gasteiger partial charge in [0, 0.05) is 12.6 Å². The standard InChI is InChI=1S/C11H21N3O4.C2H6/c1-4-12-11(18)8(5-10(16)17)14-9(15)6-13-7(2)3;1-2/h7-8,13H,4-6H2,1-3H3,(H,12,18)(H,14,15)(H,16,17);1-2H3. The van der Waals surface area contributed by atoms with E-state index < -0.39 is 30.2 Å². The molecular weight excluding hydrogens is 262 g/mol. The van der Waals surface area contributed by atoms with Crippen molar-refractivity contribution in [1.29, 1.82) is 0 Å². The Balaban J connectivity index is 0. The number of rotatable bonds is 8. The molecule has 0 aromatic rings. The maximum Gasteiger partial charge on any atom is 0.305 e. The van der Waals surface area contributed by atoms with Gasteiger partial charge >= 0.3 is 5.97 Å². The number of hydrogen-bond acceptors (Lipinski definition) is 4. The van der Waals surface area contributed by atoms with Crippen LogP contribution in [-0.4, -0.2) is 48.1 Å². The van der Waals surface area contributed by atoms with Crippen LogP contribution in [0.3, 0.4) is 0 Å². The molecule has 7 heteroatoms. The number of hydrogen-bond donors (Lipinski definition) is 4. The van der Waals surface area contributed by atoms with E-state index in [-0.39, 0.29) is 12.6 Å². The van der Waals surface area contributed by atoms with Gasteiger partial charge in [-0.05, 0) is 6.92 Å². The Morgan fingerprint density at radius 3 is 2.10 bits per heavy atom. The van der Waals surface area contributed by atoms with Gasteiger partial charge in [0.05, 0.1) is 13.0 Å². The highest BCUT2D eigenvalue weighted by atomic mass is 16.4. The Bertz CT molecular complexity index is 306. The van der Waals surface area contributed by atoms with Gasteiger partial charge in [0.25, 0.3) is 0 Å². The topological polar surface area (TPSA) is 108 Å². The molecule has 4 N–H and O–H groups in total. The lowest BCUT2D eigenvalue weighted by Gasteiger charge is -2.17. The van der Waals surface area contributed by atoms with Crippen LogP contribution in [0.25, 0.3) is 0 Å². The van der Waals surface area contributed by atoms with E-state index in [1.807, 2.05) is 27.7 Å². The lowest BCUT2D eigenvalue weighted by molar-refractivity contribution is -0.140. The van der Waals surface area contributed by atoms with Crippen molar-refractivity contribution >= 4 is 17.8 Å². The van der Waals surface area contributed by atoms with E-state index in [9.17, 15) is 14.4 Å².